The maximum absolute atomic E-state index is 13.6. The molecule has 0 bridgehead atoms. The highest BCUT2D eigenvalue weighted by molar-refractivity contribution is 6.06. The average molecular weight is 258 g/mol. The quantitative estimate of drug-likeness (QED) is 0.830. The Morgan fingerprint density at radius 3 is 2.63 bits per heavy atom. The Balaban J connectivity index is 2.31. The molecule has 0 saturated carbocycles. The normalized spacial score (nSPS) is 10.2. The first kappa shape index (κ1) is 13.1. The molecular formula is C15H15FN2O. The van der Waals surface area contributed by atoms with E-state index in [9.17, 15) is 9.18 Å². The summed E-state index contributed by atoms with van der Waals surface area (Å²) in [6, 6.07) is 11.5. The van der Waals surface area contributed by atoms with Gasteiger partial charge in [0.1, 0.15) is 11.5 Å². The van der Waals surface area contributed by atoms with Crippen LogP contribution in [0.25, 0.3) is 0 Å². The van der Waals surface area contributed by atoms with Crippen LogP contribution in [0.4, 0.5) is 15.8 Å². The van der Waals surface area contributed by atoms with Crippen molar-refractivity contribution in [2.45, 2.75) is 13.3 Å². The minimum absolute atomic E-state index is 0.0263. The van der Waals surface area contributed by atoms with Crippen molar-refractivity contribution in [3.63, 3.8) is 0 Å². The summed E-state index contributed by atoms with van der Waals surface area (Å²) in [5.74, 6) is -0.892. The predicted octanol–water partition coefficient (Wildman–Crippen LogP) is 3.22. The number of hydrogen-bond acceptors (Lipinski definition) is 2. The van der Waals surface area contributed by atoms with Crippen LogP contribution in [-0.4, -0.2) is 5.91 Å². The lowest BCUT2D eigenvalue weighted by atomic mass is 10.0. The molecule has 0 fully saturated rings. The van der Waals surface area contributed by atoms with Gasteiger partial charge in [-0.15, -0.1) is 0 Å². The van der Waals surface area contributed by atoms with Crippen LogP contribution in [0, 0.1) is 5.82 Å². The zero-order chi connectivity index (χ0) is 13.8. The SMILES string of the molecule is CCc1ccccc1C(=O)Nc1c(N)cccc1F. The fraction of sp³-hybridized carbons (Fsp3) is 0.133. The summed E-state index contributed by atoms with van der Waals surface area (Å²) >= 11 is 0. The number of carbonyl (C=O) groups is 1. The zero-order valence-electron chi connectivity index (χ0n) is 10.6. The second-order valence-corrected chi connectivity index (χ2v) is 4.17. The van der Waals surface area contributed by atoms with Crippen LogP contribution in [0.1, 0.15) is 22.8 Å². The molecule has 0 aliphatic carbocycles. The number of anilines is 2. The Bertz CT molecular complexity index is 591. The second kappa shape index (κ2) is 5.52. The number of aryl methyl sites for hydroxylation is 1. The third kappa shape index (κ3) is 2.73. The second-order valence-electron chi connectivity index (χ2n) is 4.17. The van der Waals surface area contributed by atoms with Crippen LogP contribution in [0.15, 0.2) is 42.5 Å². The molecule has 0 unspecified atom stereocenters. The zero-order valence-corrected chi connectivity index (χ0v) is 10.6. The molecule has 19 heavy (non-hydrogen) atoms. The van der Waals surface area contributed by atoms with E-state index < -0.39 is 5.82 Å². The topological polar surface area (TPSA) is 55.1 Å². The maximum Gasteiger partial charge on any atom is 0.256 e. The number of nitrogens with one attached hydrogen (secondary N) is 1. The monoisotopic (exact) mass is 258 g/mol. The summed E-state index contributed by atoms with van der Waals surface area (Å²) in [6.45, 7) is 1.96. The van der Waals surface area contributed by atoms with Crippen LogP contribution in [-0.2, 0) is 6.42 Å². The number of rotatable bonds is 3. The van der Waals surface area contributed by atoms with Gasteiger partial charge in [-0.3, -0.25) is 4.79 Å². The standard InChI is InChI=1S/C15H15FN2O/c1-2-10-6-3-4-7-11(10)15(19)18-14-12(16)8-5-9-13(14)17/h3-9H,2,17H2,1H3,(H,18,19). The van der Waals surface area contributed by atoms with Crippen molar-refractivity contribution in [1.29, 1.82) is 0 Å². The van der Waals surface area contributed by atoms with Crippen molar-refractivity contribution in [1.82, 2.24) is 0 Å². The van der Waals surface area contributed by atoms with Crippen LogP contribution in [0.5, 0.6) is 0 Å². The molecule has 2 aromatic carbocycles. The van der Waals surface area contributed by atoms with Crippen molar-refractivity contribution in [3.05, 3.63) is 59.4 Å². The Labute approximate surface area is 111 Å². The highest BCUT2D eigenvalue weighted by Crippen LogP contribution is 2.23. The minimum atomic E-state index is -0.540. The highest BCUT2D eigenvalue weighted by Gasteiger charge is 2.13. The molecule has 0 spiro atoms. The number of carbonyl (C=O) groups excluding carboxylic acids is 1. The van der Waals surface area contributed by atoms with Crippen molar-refractivity contribution in [2.75, 3.05) is 11.1 Å². The lowest BCUT2D eigenvalue weighted by Gasteiger charge is -2.11. The van der Waals surface area contributed by atoms with E-state index in [4.69, 9.17) is 5.73 Å². The molecule has 1 amide bonds. The number of halogens is 1. The lowest BCUT2D eigenvalue weighted by Crippen LogP contribution is -2.16. The molecule has 0 atom stereocenters. The van der Waals surface area contributed by atoms with E-state index in [0.29, 0.717) is 5.56 Å². The summed E-state index contributed by atoms with van der Waals surface area (Å²) in [4.78, 5) is 12.2. The van der Waals surface area contributed by atoms with Crippen LogP contribution in [0.3, 0.4) is 0 Å². The summed E-state index contributed by atoms with van der Waals surface area (Å²) in [5.41, 5.74) is 7.35. The number of nitrogen functional groups attached to an aromatic ring is 1. The van der Waals surface area contributed by atoms with Gasteiger partial charge in [-0.05, 0) is 30.2 Å². The van der Waals surface area contributed by atoms with Gasteiger partial charge in [0.15, 0.2) is 0 Å². The Morgan fingerprint density at radius 1 is 1.21 bits per heavy atom. The Morgan fingerprint density at radius 2 is 1.95 bits per heavy atom. The molecule has 0 aromatic heterocycles. The van der Waals surface area contributed by atoms with Gasteiger partial charge in [-0.25, -0.2) is 4.39 Å². The van der Waals surface area contributed by atoms with Crippen LogP contribution >= 0.6 is 0 Å². The molecule has 0 radical (unpaired) electrons. The number of hydrogen-bond donors (Lipinski definition) is 2. The number of para-hydroxylation sites is 1. The first-order chi connectivity index (χ1) is 9.13. The van der Waals surface area contributed by atoms with Gasteiger partial charge in [-0.1, -0.05) is 31.2 Å². The van der Waals surface area contributed by atoms with Gasteiger partial charge < -0.3 is 11.1 Å². The van der Waals surface area contributed by atoms with Gasteiger partial charge in [0.2, 0.25) is 0 Å². The molecule has 0 aliphatic rings. The van der Waals surface area contributed by atoms with Crippen molar-refractivity contribution >= 4 is 17.3 Å². The molecule has 0 heterocycles. The third-order valence-electron chi connectivity index (χ3n) is 2.93. The van der Waals surface area contributed by atoms with E-state index >= 15 is 0 Å². The molecule has 3 N–H and O–H groups in total. The lowest BCUT2D eigenvalue weighted by molar-refractivity contribution is 0.102. The van der Waals surface area contributed by atoms with Crippen LogP contribution in [0.2, 0.25) is 0 Å². The Kier molecular flexibility index (Phi) is 3.80. The van der Waals surface area contributed by atoms with Crippen LogP contribution < -0.4 is 11.1 Å². The fourth-order valence-corrected chi connectivity index (χ4v) is 1.90. The largest absolute Gasteiger partial charge is 0.397 e. The van der Waals surface area contributed by atoms with E-state index in [1.54, 1.807) is 18.2 Å². The first-order valence-electron chi connectivity index (χ1n) is 6.06. The molecular weight excluding hydrogens is 243 g/mol. The van der Waals surface area contributed by atoms with E-state index in [1.165, 1.54) is 12.1 Å². The molecule has 2 rings (SSSR count). The third-order valence-corrected chi connectivity index (χ3v) is 2.93. The van der Waals surface area contributed by atoms with E-state index in [-0.39, 0.29) is 17.3 Å². The van der Waals surface area contributed by atoms with E-state index in [0.717, 1.165) is 12.0 Å². The van der Waals surface area contributed by atoms with Gasteiger partial charge >= 0.3 is 0 Å². The van der Waals surface area contributed by atoms with Crippen molar-refractivity contribution < 1.29 is 9.18 Å². The molecule has 3 nitrogen and oxygen atoms in total. The van der Waals surface area contributed by atoms with E-state index in [1.807, 2.05) is 19.1 Å². The smallest absolute Gasteiger partial charge is 0.256 e. The van der Waals surface area contributed by atoms with E-state index in [2.05, 4.69) is 5.32 Å². The van der Waals surface area contributed by atoms with Crippen molar-refractivity contribution in [2.24, 2.45) is 0 Å². The first-order valence-corrected chi connectivity index (χ1v) is 6.06. The number of benzene rings is 2. The number of amides is 1. The maximum atomic E-state index is 13.6. The fourth-order valence-electron chi connectivity index (χ4n) is 1.90. The predicted molar refractivity (Wildman–Crippen MR) is 74.6 cm³/mol. The summed E-state index contributed by atoms with van der Waals surface area (Å²) < 4.78 is 13.6. The average Bonchev–Trinajstić information content (AvgIpc) is 2.42. The molecule has 4 heteroatoms. The van der Waals surface area contributed by atoms with Gasteiger partial charge in [0, 0.05) is 5.56 Å². The number of nitrogens with two attached hydrogens (primary N) is 1. The highest BCUT2D eigenvalue weighted by atomic mass is 19.1. The van der Waals surface area contributed by atoms with Gasteiger partial charge in [-0.2, -0.15) is 0 Å². The summed E-state index contributed by atoms with van der Waals surface area (Å²) in [7, 11) is 0. The molecule has 98 valence electrons. The summed E-state index contributed by atoms with van der Waals surface area (Å²) in [5, 5.41) is 2.53. The molecule has 0 saturated heterocycles. The molecule has 2 aromatic rings. The van der Waals surface area contributed by atoms with Gasteiger partial charge in [0.05, 0.1) is 5.69 Å². The van der Waals surface area contributed by atoms with Crippen molar-refractivity contribution in [3.8, 4) is 0 Å². The summed E-state index contributed by atoms with van der Waals surface area (Å²) in [6.07, 6.45) is 0.732. The Hall–Kier alpha value is -2.36. The minimum Gasteiger partial charge on any atom is -0.397 e. The van der Waals surface area contributed by atoms with Gasteiger partial charge in [0.25, 0.3) is 5.91 Å². The molecule has 0 aliphatic heterocycles.